The van der Waals surface area contributed by atoms with Crippen molar-refractivity contribution in [1.29, 1.82) is 0 Å². The smallest absolute Gasteiger partial charge is 0.0468 e. The minimum absolute atomic E-state index is 0.782. The Labute approximate surface area is 347 Å². The van der Waals surface area contributed by atoms with Crippen LogP contribution in [0.2, 0.25) is 10.0 Å². The summed E-state index contributed by atoms with van der Waals surface area (Å²) in [6.07, 6.45) is 0. The van der Waals surface area contributed by atoms with E-state index in [1.807, 2.05) is 97.1 Å². The standard InChI is InChI=1S/C24H16ClNS.C12H6BrClS.C12H11N/c25-17-11-13-21-22-16-20(12-14-23(22)27-24(21)15-17)26(18-7-3-1-4-8-18)19-9-5-2-6-10-19;13-7-1-4-11-10(5-7)9-3-2-8(14)6-12(9)15-11;1-3-7-11(8-4-1)13-12-9-5-2-6-10-12/h1-16H;1-6H;1-10,13H. The minimum Gasteiger partial charge on any atom is -0.356 e. The highest BCUT2D eigenvalue weighted by atomic mass is 79.9. The molecular weight excluding hydrogens is 819 g/mol. The second kappa shape index (κ2) is 17.1. The maximum absolute atomic E-state index is 6.19. The number of nitrogens with one attached hydrogen (secondary N) is 1. The first-order valence-electron chi connectivity index (χ1n) is 17.6. The summed E-state index contributed by atoms with van der Waals surface area (Å²) in [5.74, 6) is 0. The van der Waals surface area contributed by atoms with Crippen molar-refractivity contribution in [3.05, 3.63) is 209 Å². The first kappa shape index (κ1) is 36.8. The number of rotatable bonds is 5. The largest absolute Gasteiger partial charge is 0.356 e. The number of anilines is 5. The molecule has 0 unspecified atom stereocenters. The van der Waals surface area contributed by atoms with E-state index < -0.39 is 0 Å². The van der Waals surface area contributed by atoms with Crippen LogP contribution in [0.1, 0.15) is 0 Å². The van der Waals surface area contributed by atoms with Crippen molar-refractivity contribution in [2.45, 2.75) is 0 Å². The molecule has 0 saturated carbocycles. The maximum Gasteiger partial charge on any atom is 0.0468 e. The van der Waals surface area contributed by atoms with Crippen LogP contribution in [0.15, 0.2) is 199 Å². The molecule has 10 rings (SSSR count). The van der Waals surface area contributed by atoms with Gasteiger partial charge in [-0.15, -0.1) is 22.7 Å². The van der Waals surface area contributed by atoms with Gasteiger partial charge in [0.25, 0.3) is 0 Å². The van der Waals surface area contributed by atoms with Crippen LogP contribution in [0.4, 0.5) is 28.4 Å². The van der Waals surface area contributed by atoms with Crippen molar-refractivity contribution in [3.63, 3.8) is 0 Å². The molecule has 0 amide bonds. The molecule has 0 aliphatic rings. The number of hydrogen-bond donors (Lipinski definition) is 1. The van der Waals surface area contributed by atoms with Gasteiger partial charge in [-0.1, -0.05) is 124 Å². The van der Waals surface area contributed by atoms with Crippen molar-refractivity contribution >= 4 is 131 Å². The molecule has 2 aromatic heterocycles. The van der Waals surface area contributed by atoms with Crippen molar-refractivity contribution in [2.24, 2.45) is 0 Å². The van der Waals surface area contributed by atoms with E-state index in [0.29, 0.717) is 0 Å². The lowest BCUT2D eigenvalue weighted by molar-refractivity contribution is 1.29. The number of halogens is 3. The first-order valence-corrected chi connectivity index (χ1v) is 20.8. The second-order valence-corrected chi connectivity index (χ2v) is 16.6. The third kappa shape index (κ3) is 8.73. The normalized spacial score (nSPS) is 10.8. The summed E-state index contributed by atoms with van der Waals surface area (Å²) in [6.45, 7) is 0. The Kier molecular flexibility index (Phi) is 11.5. The van der Waals surface area contributed by atoms with E-state index in [4.69, 9.17) is 23.2 Å². The van der Waals surface area contributed by atoms with Gasteiger partial charge < -0.3 is 10.2 Å². The van der Waals surface area contributed by atoms with Crippen molar-refractivity contribution < 1.29 is 0 Å². The van der Waals surface area contributed by atoms with Gasteiger partial charge in [0.2, 0.25) is 0 Å². The highest BCUT2D eigenvalue weighted by molar-refractivity contribution is 9.10. The third-order valence-corrected chi connectivity index (χ3v) is 12.2. The summed E-state index contributed by atoms with van der Waals surface area (Å²) in [5.41, 5.74) is 5.67. The number of hydrogen-bond acceptors (Lipinski definition) is 4. The Morgan fingerprint density at radius 2 is 0.818 bits per heavy atom. The minimum atomic E-state index is 0.782. The zero-order valence-electron chi connectivity index (χ0n) is 29.4. The summed E-state index contributed by atoms with van der Waals surface area (Å²) in [6, 6.07) is 66.5. The molecule has 0 radical (unpaired) electrons. The lowest BCUT2D eigenvalue weighted by atomic mass is 10.1. The highest BCUT2D eigenvalue weighted by Gasteiger charge is 2.14. The van der Waals surface area contributed by atoms with Gasteiger partial charge in [-0.2, -0.15) is 0 Å². The predicted molar refractivity (Wildman–Crippen MR) is 247 cm³/mol. The number of nitrogens with zero attached hydrogens (tertiary/aromatic N) is 1. The molecular formula is C48H33BrCl2N2S2. The summed E-state index contributed by atoms with van der Waals surface area (Å²) in [5, 5.41) is 9.97. The van der Waals surface area contributed by atoms with Crippen LogP contribution in [0.25, 0.3) is 40.3 Å². The van der Waals surface area contributed by atoms with Gasteiger partial charge in [0.1, 0.15) is 0 Å². The van der Waals surface area contributed by atoms with Gasteiger partial charge in [0, 0.05) is 83.3 Å². The molecule has 0 aliphatic heterocycles. The lowest BCUT2D eigenvalue weighted by Gasteiger charge is -2.25. The Morgan fingerprint density at radius 3 is 1.31 bits per heavy atom. The highest BCUT2D eigenvalue weighted by Crippen LogP contribution is 2.41. The van der Waals surface area contributed by atoms with Crippen LogP contribution in [-0.2, 0) is 0 Å². The summed E-state index contributed by atoms with van der Waals surface area (Å²) < 4.78 is 6.16. The molecule has 10 aromatic rings. The average Bonchev–Trinajstić information content (AvgIpc) is 3.76. The Morgan fingerprint density at radius 1 is 0.382 bits per heavy atom. The average molecular weight is 853 g/mol. The Bertz CT molecular complexity index is 2750. The van der Waals surface area contributed by atoms with E-state index in [2.05, 4.69) is 123 Å². The van der Waals surface area contributed by atoms with E-state index in [9.17, 15) is 0 Å². The monoisotopic (exact) mass is 850 g/mol. The molecule has 0 fully saturated rings. The molecule has 0 saturated heterocycles. The molecule has 1 N–H and O–H groups in total. The van der Waals surface area contributed by atoms with E-state index in [1.165, 1.54) is 40.3 Å². The molecule has 0 bridgehead atoms. The molecule has 55 heavy (non-hydrogen) atoms. The zero-order chi connectivity index (χ0) is 37.6. The number of benzene rings is 8. The summed E-state index contributed by atoms with van der Waals surface area (Å²) >= 11 is 19.2. The fourth-order valence-corrected chi connectivity index (χ4v) is 9.50. The Hall–Kier alpha value is -5.14. The molecule has 0 spiro atoms. The van der Waals surface area contributed by atoms with E-state index in [1.54, 1.807) is 22.7 Å². The molecule has 0 aliphatic carbocycles. The fourth-order valence-electron chi connectivity index (χ4n) is 6.41. The summed E-state index contributed by atoms with van der Waals surface area (Å²) in [4.78, 5) is 2.29. The van der Waals surface area contributed by atoms with Crippen LogP contribution >= 0.6 is 61.8 Å². The van der Waals surface area contributed by atoms with Crippen molar-refractivity contribution in [2.75, 3.05) is 10.2 Å². The van der Waals surface area contributed by atoms with Gasteiger partial charge in [-0.25, -0.2) is 0 Å². The Balaban J connectivity index is 0.000000129. The maximum atomic E-state index is 6.19. The second-order valence-electron chi connectivity index (χ2n) is 12.7. The van der Waals surface area contributed by atoms with E-state index in [-0.39, 0.29) is 0 Å². The fraction of sp³-hybridized carbons (Fsp3) is 0. The predicted octanol–water partition coefficient (Wildman–Crippen LogP) is 17.1. The van der Waals surface area contributed by atoms with Gasteiger partial charge >= 0.3 is 0 Å². The molecule has 268 valence electrons. The van der Waals surface area contributed by atoms with Crippen molar-refractivity contribution in [1.82, 2.24) is 0 Å². The van der Waals surface area contributed by atoms with Gasteiger partial charge in [-0.3, -0.25) is 0 Å². The van der Waals surface area contributed by atoms with Crippen LogP contribution in [0.5, 0.6) is 0 Å². The van der Waals surface area contributed by atoms with Gasteiger partial charge in [0.05, 0.1) is 0 Å². The SMILES string of the molecule is Clc1ccc2c(c1)sc1ccc(Br)cc12.Clc1ccc2c(c1)sc1ccc(N(c3ccccc3)c3ccccc3)cc12.c1ccc(Nc2ccccc2)cc1. The third-order valence-electron chi connectivity index (χ3n) is 8.94. The number of fused-ring (bicyclic) bond motifs is 6. The van der Waals surface area contributed by atoms with Gasteiger partial charge in [0.15, 0.2) is 0 Å². The number of thiophene rings is 2. The van der Waals surface area contributed by atoms with Crippen molar-refractivity contribution in [3.8, 4) is 0 Å². The molecule has 8 aromatic carbocycles. The molecule has 2 heterocycles. The van der Waals surface area contributed by atoms with Crippen LogP contribution in [0.3, 0.4) is 0 Å². The van der Waals surface area contributed by atoms with Crippen LogP contribution < -0.4 is 10.2 Å². The van der Waals surface area contributed by atoms with Crippen LogP contribution in [-0.4, -0.2) is 0 Å². The van der Waals surface area contributed by atoms with E-state index in [0.717, 1.165) is 43.0 Å². The van der Waals surface area contributed by atoms with Gasteiger partial charge in [-0.05, 0) is 109 Å². The number of para-hydroxylation sites is 4. The quantitative estimate of drug-likeness (QED) is 0.186. The van der Waals surface area contributed by atoms with E-state index >= 15 is 0 Å². The summed E-state index contributed by atoms with van der Waals surface area (Å²) in [7, 11) is 0. The molecule has 2 nitrogen and oxygen atoms in total. The van der Waals surface area contributed by atoms with Crippen LogP contribution in [0, 0.1) is 0 Å². The zero-order valence-corrected chi connectivity index (χ0v) is 34.1. The lowest BCUT2D eigenvalue weighted by Crippen LogP contribution is -2.09. The first-order chi connectivity index (χ1) is 27.0. The molecule has 7 heteroatoms. The molecule has 0 atom stereocenters. The topological polar surface area (TPSA) is 15.3 Å².